The van der Waals surface area contributed by atoms with Crippen LogP contribution in [0.3, 0.4) is 0 Å². The molecule has 0 fully saturated rings. The van der Waals surface area contributed by atoms with Crippen LogP contribution in [0.2, 0.25) is 0 Å². The molecule has 0 unspecified atom stereocenters. The molecule has 0 spiro atoms. The van der Waals surface area contributed by atoms with Crippen molar-refractivity contribution >= 4 is 17.3 Å². The zero-order valence-corrected chi connectivity index (χ0v) is 12.8. The molecule has 0 atom stereocenters. The Hall–Kier alpha value is -1.75. The molecule has 0 aliphatic rings. The van der Waals surface area contributed by atoms with Crippen molar-refractivity contribution in [1.29, 1.82) is 0 Å². The number of methoxy groups -OCH3 is 1. The second kappa shape index (κ2) is 7.75. The van der Waals surface area contributed by atoms with Gasteiger partial charge in [0.05, 0.1) is 25.0 Å². The summed E-state index contributed by atoms with van der Waals surface area (Å²) in [6.07, 6.45) is 1.02. The fourth-order valence-corrected chi connectivity index (χ4v) is 1.96. The van der Waals surface area contributed by atoms with Gasteiger partial charge in [-0.05, 0) is 38.9 Å². The number of nitrogens with two attached hydrogens (primary N) is 1. The van der Waals surface area contributed by atoms with Crippen LogP contribution in [0.1, 0.15) is 27.2 Å². The largest absolute Gasteiger partial charge is 0.497 e. The molecular formula is C15H25N3O2. The number of anilines is 2. The number of amides is 1. The lowest BCUT2D eigenvalue weighted by atomic mass is 10.2. The summed E-state index contributed by atoms with van der Waals surface area (Å²) in [6, 6.07) is 5.57. The molecule has 0 aliphatic heterocycles. The van der Waals surface area contributed by atoms with Crippen LogP contribution in [-0.2, 0) is 4.79 Å². The Kier molecular flexibility index (Phi) is 6.31. The maximum Gasteiger partial charge on any atom is 0.238 e. The first kappa shape index (κ1) is 16.3. The molecule has 0 saturated heterocycles. The molecule has 1 amide bonds. The SMILES string of the molecule is CCCN(CC(=O)Nc1ccc(OC)cc1N)C(C)C. The smallest absolute Gasteiger partial charge is 0.238 e. The second-order valence-corrected chi connectivity index (χ2v) is 5.07. The van der Waals surface area contributed by atoms with Crippen molar-refractivity contribution in [3.05, 3.63) is 18.2 Å². The molecule has 0 saturated carbocycles. The van der Waals surface area contributed by atoms with Gasteiger partial charge in [0.2, 0.25) is 5.91 Å². The Morgan fingerprint density at radius 1 is 1.45 bits per heavy atom. The third-order valence-corrected chi connectivity index (χ3v) is 3.12. The quantitative estimate of drug-likeness (QED) is 0.752. The minimum Gasteiger partial charge on any atom is -0.497 e. The van der Waals surface area contributed by atoms with Gasteiger partial charge in [-0.1, -0.05) is 6.92 Å². The van der Waals surface area contributed by atoms with Crippen molar-refractivity contribution in [3.8, 4) is 5.75 Å². The van der Waals surface area contributed by atoms with Gasteiger partial charge in [-0.25, -0.2) is 0 Å². The van der Waals surface area contributed by atoms with E-state index in [9.17, 15) is 4.79 Å². The maximum atomic E-state index is 12.1. The van der Waals surface area contributed by atoms with Crippen molar-refractivity contribution in [2.45, 2.75) is 33.2 Å². The van der Waals surface area contributed by atoms with Crippen LogP contribution >= 0.6 is 0 Å². The van der Waals surface area contributed by atoms with E-state index in [1.807, 2.05) is 0 Å². The number of hydrogen-bond donors (Lipinski definition) is 2. The van der Waals surface area contributed by atoms with Crippen LogP contribution in [0.25, 0.3) is 0 Å². The summed E-state index contributed by atoms with van der Waals surface area (Å²) in [5.41, 5.74) is 7.01. The predicted molar refractivity (Wildman–Crippen MR) is 83.0 cm³/mol. The number of carbonyl (C=O) groups is 1. The lowest BCUT2D eigenvalue weighted by Crippen LogP contribution is -2.38. The van der Waals surface area contributed by atoms with Gasteiger partial charge in [0.15, 0.2) is 0 Å². The summed E-state index contributed by atoms with van der Waals surface area (Å²) in [5.74, 6) is 0.624. The highest BCUT2D eigenvalue weighted by molar-refractivity contribution is 5.95. The number of benzene rings is 1. The van der Waals surface area contributed by atoms with Crippen molar-refractivity contribution in [1.82, 2.24) is 4.90 Å². The van der Waals surface area contributed by atoms with Crippen LogP contribution in [-0.4, -0.2) is 37.0 Å². The number of nitrogens with one attached hydrogen (secondary N) is 1. The Balaban J connectivity index is 2.66. The van der Waals surface area contributed by atoms with E-state index in [4.69, 9.17) is 10.5 Å². The number of hydrogen-bond acceptors (Lipinski definition) is 4. The van der Waals surface area contributed by atoms with Crippen LogP contribution in [0.5, 0.6) is 5.75 Å². The van der Waals surface area contributed by atoms with Crippen LogP contribution in [0, 0.1) is 0 Å². The van der Waals surface area contributed by atoms with E-state index in [0.29, 0.717) is 29.7 Å². The average Bonchev–Trinajstić information content (AvgIpc) is 2.40. The molecule has 20 heavy (non-hydrogen) atoms. The number of carbonyl (C=O) groups excluding carboxylic acids is 1. The summed E-state index contributed by atoms with van der Waals surface area (Å²) in [6.45, 7) is 7.56. The minimum atomic E-state index is -0.0518. The molecule has 0 radical (unpaired) electrons. The molecule has 0 aliphatic carbocycles. The number of nitrogen functional groups attached to an aromatic ring is 1. The monoisotopic (exact) mass is 279 g/mol. The number of ether oxygens (including phenoxy) is 1. The summed E-state index contributed by atoms with van der Waals surface area (Å²) in [4.78, 5) is 14.2. The zero-order valence-electron chi connectivity index (χ0n) is 12.8. The van der Waals surface area contributed by atoms with Gasteiger partial charge in [0, 0.05) is 12.1 Å². The molecule has 0 aromatic heterocycles. The van der Waals surface area contributed by atoms with Gasteiger partial charge >= 0.3 is 0 Å². The fourth-order valence-electron chi connectivity index (χ4n) is 1.96. The molecule has 1 aromatic rings. The summed E-state index contributed by atoms with van der Waals surface area (Å²) in [5, 5.41) is 2.84. The first-order valence-electron chi connectivity index (χ1n) is 6.95. The van der Waals surface area contributed by atoms with Gasteiger partial charge in [-0.2, -0.15) is 0 Å². The highest BCUT2D eigenvalue weighted by Crippen LogP contribution is 2.23. The van der Waals surface area contributed by atoms with E-state index in [1.165, 1.54) is 0 Å². The van der Waals surface area contributed by atoms with Crippen molar-refractivity contribution in [2.24, 2.45) is 0 Å². The van der Waals surface area contributed by atoms with Crippen LogP contribution in [0.15, 0.2) is 18.2 Å². The van der Waals surface area contributed by atoms with Crippen molar-refractivity contribution in [3.63, 3.8) is 0 Å². The van der Waals surface area contributed by atoms with Crippen molar-refractivity contribution in [2.75, 3.05) is 31.2 Å². The molecule has 1 aromatic carbocycles. The molecule has 0 bridgehead atoms. The van der Waals surface area contributed by atoms with Crippen LogP contribution < -0.4 is 15.8 Å². The molecule has 5 heteroatoms. The Labute approximate surface area is 121 Å². The summed E-state index contributed by atoms with van der Waals surface area (Å²) in [7, 11) is 1.58. The maximum absolute atomic E-state index is 12.1. The molecule has 5 nitrogen and oxygen atoms in total. The highest BCUT2D eigenvalue weighted by Gasteiger charge is 2.14. The van der Waals surface area contributed by atoms with E-state index in [2.05, 4.69) is 31.0 Å². The second-order valence-electron chi connectivity index (χ2n) is 5.07. The van der Waals surface area contributed by atoms with Gasteiger partial charge in [0.25, 0.3) is 0 Å². The molecule has 112 valence electrons. The summed E-state index contributed by atoms with van der Waals surface area (Å²) < 4.78 is 5.08. The number of rotatable bonds is 7. The van der Waals surface area contributed by atoms with Crippen LogP contribution in [0.4, 0.5) is 11.4 Å². The minimum absolute atomic E-state index is 0.0518. The lowest BCUT2D eigenvalue weighted by Gasteiger charge is -2.25. The van der Waals surface area contributed by atoms with Gasteiger partial charge in [-0.15, -0.1) is 0 Å². The topological polar surface area (TPSA) is 67.6 Å². The van der Waals surface area contributed by atoms with E-state index >= 15 is 0 Å². The van der Waals surface area contributed by atoms with E-state index < -0.39 is 0 Å². The highest BCUT2D eigenvalue weighted by atomic mass is 16.5. The van der Waals surface area contributed by atoms with E-state index in [1.54, 1.807) is 25.3 Å². The predicted octanol–water partition coefficient (Wildman–Crippen LogP) is 2.34. The molecule has 0 heterocycles. The average molecular weight is 279 g/mol. The third kappa shape index (κ3) is 4.74. The molecule has 1 rings (SSSR count). The first-order valence-corrected chi connectivity index (χ1v) is 6.95. The first-order chi connectivity index (χ1) is 9.47. The third-order valence-electron chi connectivity index (χ3n) is 3.12. The Bertz CT molecular complexity index is 447. The fraction of sp³-hybridized carbons (Fsp3) is 0.533. The lowest BCUT2D eigenvalue weighted by molar-refractivity contribution is -0.117. The summed E-state index contributed by atoms with van der Waals surface area (Å²) >= 11 is 0. The van der Waals surface area contributed by atoms with Gasteiger partial charge in [-0.3, -0.25) is 9.69 Å². The Morgan fingerprint density at radius 3 is 2.65 bits per heavy atom. The van der Waals surface area contributed by atoms with Gasteiger partial charge < -0.3 is 15.8 Å². The van der Waals surface area contributed by atoms with Gasteiger partial charge in [0.1, 0.15) is 5.75 Å². The van der Waals surface area contributed by atoms with Crippen molar-refractivity contribution < 1.29 is 9.53 Å². The van der Waals surface area contributed by atoms with E-state index in [-0.39, 0.29) is 5.91 Å². The normalized spacial score (nSPS) is 10.9. The molecule has 3 N–H and O–H groups in total. The zero-order chi connectivity index (χ0) is 15.1. The standard InChI is InChI=1S/C15H25N3O2/c1-5-8-18(11(2)3)10-15(19)17-14-7-6-12(20-4)9-13(14)16/h6-7,9,11H,5,8,10,16H2,1-4H3,(H,17,19). The Morgan fingerprint density at radius 2 is 2.15 bits per heavy atom. The number of nitrogens with zero attached hydrogens (tertiary/aromatic N) is 1. The van der Waals surface area contributed by atoms with E-state index in [0.717, 1.165) is 13.0 Å². The molecular weight excluding hydrogens is 254 g/mol.